The number of rotatable bonds is 7. The fraction of sp³-hybridized carbons (Fsp3) is 0.609. The number of urea groups is 1. The summed E-state index contributed by atoms with van der Waals surface area (Å²) >= 11 is 0. The fourth-order valence-electron chi connectivity index (χ4n) is 5.00. The molecule has 2 saturated heterocycles. The van der Waals surface area contributed by atoms with Crippen molar-refractivity contribution >= 4 is 33.6 Å². The predicted molar refractivity (Wildman–Crippen MR) is 125 cm³/mol. The van der Waals surface area contributed by atoms with Crippen molar-refractivity contribution < 1.29 is 27.5 Å². The molecule has 0 unspecified atom stereocenters. The Morgan fingerprint density at radius 2 is 1.74 bits per heavy atom. The number of imide groups is 1. The molecule has 1 spiro atoms. The number of nitrogens with zero attached hydrogens (tertiary/aromatic N) is 2. The van der Waals surface area contributed by atoms with Gasteiger partial charge < -0.3 is 15.4 Å². The quantitative estimate of drug-likeness (QED) is 0.562. The number of sulfonamides is 1. The average Bonchev–Trinajstić information content (AvgIpc) is 3.33. The maximum atomic E-state index is 12.9. The molecule has 10 nitrogen and oxygen atoms in total. The van der Waals surface area contributed by atoms with Gasteiger partial charge in [-0.05, 0) is 57.4 Å². The number of amides is 4. The van der Waals surface area contributed by atoms with Crippen molar-refractivity contribution in [1.29, 1.82) is 0 Å². The van der Waals surface area contributed by atoms with Crippen LogP contribution in [0.25, 0.3) is 0 Å². The van der Waals surface area contributed by atoms with Crippen molar-refractivity contribution in [3.8, 4) is 0 Å². The minimum absolute atomic E-state index is 0.133. The van der Waals surface area contributed by atoms with Gasteiger partial charge in [-0.15, -0.1) is 0 Å². The molecule has 0 bridgehead atoms. The van der Waals surface area contributed by atoms with Crippen molar-refractivity contribution in [3.05, 3.63) is 24.3 Å². The highest BCUT2D eigenvalue weighted by Crippen LogP contribution is 2.35. The largest absolute Gasteiger partial charge is 0.373 e. The van der Waals surface area contributed by atoms with E-state index in [4.69, 9.17) is 4.74 Å². The minimum Gasteiger partial charge on any atom is -0.373 e. The Labute approximate surface area is 200 Å². The summed E-state index contributed by atoms with van der Waals surface area (Å²) in [6, 6.07) is 5.68. The molecule has 1 aliphatic carbocycles. The van der Waals surface area contributed by atoms with Gasteiger partial charge in [-0.1, -0.05) is 12.8 Å². The van der Waals surface area contributed by atoms with Crippen LogP contribution < -0.4 is 10.6 Å². The normalized spacial score (nSPS) is 25.1. The zero-order valence-electron chi connectivity index (χ0n) is 19.6. The molecule has 34 heavy (non-hydrogen) atoms. The third-order valence-electron chi connectivity index (χ3n) is 6.65. The van der Waals surface area contributed by atoms with Gasteiger partial charge >= 0.3 is 6.03 Å². The van der Waals surface area contributed by atoms with E-state index >= 15 is 0 Å². The second-order valence-corrected chi connectivity index (χ2v) is 11.4. The molecule has 2 N–H and O–H groups in total. The summed E-state index contributed by atoms with van der Waals surface area (Å²) < 4.78 is 32.9. The molecule has 1 aromatic rings. The van der Waals surface area contributed by atoms with Crippen LogP contribution in [0.4, 0.5) is 10.5 Å². The highest BCUT2D eigenvalue weighted by molar-refractivity contribution is 7.89. The first-order valence-corrected chi connectivity index (χ1v) is 13.2. The van der Waals surface area contributed by atoms with Crippen LogP contribution >= 0.6 is 0 Å². The highest BCUT2D eigenvalue weighted by atomic mass is 32.2. The third-order valence-corrected chi connectivity index (χ3v) is 8.50. The third kappa shape index (κ3) is 4.96. The number of hydrogen-bond acceptors (Lipinski definition) is 6. The van der Waals surface area contributed by atoms with Gasteiger partial charge in [0.05, 0.1) is 17.1 Å². The maximum Gasteiger partial charge on any atom is 0.325 e. The second-order valence-electron chi connectivity index (χ2n) is 9.43. The lowest BCUT2D eigenvalue weighted by Crippen LogP contribution is -2.48. The Morgan fingerprint density at radius 1 is 1.12 bits per heavy atom. The standard InChI is InChI=1S/C23H32N4O6S/c1-16-14-26(15-17(2)33-16)34(31,32)19-9-7-18(8-10-19)24-20(28)6-5-13-27-21(29)23(25-22(27)30)11-3-4-12-23/h7-10,16-17H,3-6,11-15H2,1-2H3,(H,24,28)(H,25,30)/t16-,17+. The van der Waals surface area contributed by atoms with Crippen LogP contribution in [0.1, 0.15) is 52.4 Å². The summed E-state index contributed by atoms with van der Waals surface area (Å²) in [7, 11) is -3.65. The van der Waals surface area contributed by atoms with Crippen LogP contribution in [0.15, 0.2) is 29.2 Å². The van der Waals surface area contributed by atoms with E-state index in [9.17, 15) is 22.8 Å². The number of nitrogens with one attached hydrogen (secondary N) is 2. The van der Waals surface area contributed by atoms with Crippen molar-refractivity contribution in [3.63, 3.8) is 0 Å². The molecule has 186 valence electrons. The van der Waals surface area contributed by atoms with E-state index < -0.39 is 15.6 Å². The molecule has 1 saturated carbocycles. The lowest BCUT2D eigenvalue weighted by molar-refractivity contribution is -0.131. The lowest BCUT2D eigenvalue weighted by atomic mass is 9.98. The molecule has 4 rings (SSSR count). The SMILES string of the molecule is C[C@@H]1CN(S(=O)(=O)c2ccc(NC(=O)CCCN3C(=O)NC4(CCCC4)C3=O)cc2)C[C@H](C)O1. The zero-order valence-corrected chi connectivity index (χ0v) is 20.4. The van der Waals surface area contributed by atoms with Crippen LogP contribution in [-0.2, 0) is 24.3 Å². The van der Waals surface area contributed by atoms with Gasteiger partial charge in [0, 0.05) is 31.7 Å². The number of carbonyl (C=O) groups excluding carboxylic acids is 3. The molecular weight excluding hydrogens is 460 g/mol. The molecular formula is C23H32N4O6S. The first kappa shape index (κ1) is 24.6. The summed E-state index contributed by atoms with van der Waals surface area (Å²) in [6.45, 7) is 4.46. The molecule has 3 fully saturated rings. The van der Waals surface area contributed by atoms with E-state index in [2.05, 4.69) is 10.6 Å². The van der Waals surface area contributed by atoms with Gasteiger partial charge in [0.1, 0.15) is 5.54 Å². The summed E-state index contributed by atoms with van der Waals surface area (Å²) in [4.78, 5) is 38.6. The van der Waals surface area contributed by atoms with Gasteiger partial charge in [0.2, 0.25) is 15.9 Å². The van der Waals surface area contributed by atoms with Gasteiger partial charge in [-0.3, -0.25) is 14.5 Å². The van der Waals surface area contributed by atoms with E-state index in [-0.39, 0.29) is 47.9 Å². The van der Waals surface area contributed by atoms with Crippen LogP contribution in [0.3, 0.4) is 0 Å². The van der Waals surface area contributed by atoms with E-state index in [1.54, 1.807) is 12.1 Å². The topological polar surface area (TPSA) is 125 Å². The summed E-state index contributed by atoms with van der Waals surface area (Å²) in [5, 5.41) is 5.57. The maximum absolute atomic E-state index is 12.9. The summed E-state index contributed by atoms with van der Waals surface area (Å²) in [6.07, 6.45) is 3.31. The lowest BCUT2D eigenvalue weighted by Gasteiger charge is -2.34. The van der Waals surface area contributed by atoms with Gasteiger partial charge in [-0.25, -0.2) is 13.2 Å². The first-order valence-electron chi connectivity index (χ1n) is 11.8. The second kappa shape index (κ2) is 9.63. The Morgan fingerprint density at radius 3 is 2.35 bits per heavy atom. The van der Waals surface area contributed by atoms with Crippen molar-refractivity contribution in [2.45, 2.75) is 75.0 Å². The van der Waals surface area contributed by atoms with E-state index in [0.717, 1.165) is 12.8 Å². The summed E-state index contributed by atoms with van der Waals surface area (Å²) in [5.74, 6) is -0.453. The molecule has 11 heteroatoms. The van der Waals surface area contributed by atoms with Crippen LogP contribution in [0, 0.1) is 0 Å². The monoisotopic (exact) mass is 492 g/mol. The van der Waals surface area contributed by atoms with E-state index in [1.165, 1.54) is 21.3 Å². The zero-order chi connectivity index (χ0) is 24.5. The number of hydrogen-bond donors (Lipinski definition) is 2. The first-order chi connectivity index (χ1) is 16.1. The van der Waals surface area contributed by atoms with Crippen molar-refractivity contribution in [1.82, 2.24) is 14.5 Å². The minimum atomic E-state index is -3.65. The molecule has 2 heterocycles. The number of benzene rings is 1. The number of carbonyl (C=O) groups is 3. The van der Waals surface area contributed by atoms with Crippen molar-refractivity contribution in [2.24, 2.45) is 0 Å². The van der Waals surface area contributed by atoms with Gasteiger partial charge in [-0.2, -0.15) is 4.31 Å². The Kier molecular flexibility index (Phi) is 6.97. The molecule has 4 amide bonds. The van der Waals surface area contributed by atoms with Crippen LogP contribution in [0.2, 0.25) is 0 Å². The van der Waals surface area contributed by atoms with Crippen LogP contribution in [-0.4, -0.2) is 72.8 Å². The average molecular weight is 493 g/mol. The molecule has 1 aromatic carbocycles. The van der Waals surface area contributed by atoms with E-state index in [0.29, 0.717) is 38.0 Å². The molecule has 2 aliphatic heterocycles. The molecule has 2 atom stereocenters. The van der Waals surface area contributed by atoms with Crippen LogP contribution in [0.5, 0.6) is 0 Å². The van der Waals surface area contributed by atoms with Crippen molar-refractivity contribution in [2.75, 3.05) is 25.0 Å². The Hall–Kier alpha value is -2.50. The predicted octanol–water partition coefficient (Wildman–Crippen LogP) is 2.07. The summed E-state index contributed by atoms with van der Waals surface area (Å²) in [5.41, 5.74) is -0.258. The van der Waals surface area contributed by atoms with Gasteiger partial charge in [0.15, 0.2) is 0 Å². The Balaban J connectivity index is 1.28. The Bertz CT molecular complexity index is 1040. The molecule has 0 aromatic heterocycles. The number of anilines is 1. The highest BCUT2D eigenvalue weighted by Gasteiger charge is 2.52. The van der Waals surface area contributed by atoms with Gasteiger partial charge in [0.25, 0.3) is 5.91 Å². The smallest absolute Gasteiger partial charge is 0.325 e. The molecule has 3 aliphatic rings. The van der Waals surface area contributed by atoms with E-state index in [1.807, 2.05) is 13.8 Å². The fourth-order valence-corrected chi connectivity index (χ4v) is 6.59. The number of morpholine rings is 1. The molecule has 0 radical (unpaired) electrons. The number of ether oxygens (including phenoxy) is 1.